The lowest BCUT2D eigenvalue weighted by molar-refractivity contribution is 0.185. The number of hydrogen-bond acceptors (Lipinski definition) is 6. The molecule has 1 rings (SSSR count). The lowest BCUT2D eigenvalue weighted by Gasteiger charge is -2.20. The molecule has 0 atom stereocenters. The van der Waals surface area contributed by atoms with Crippen LogP contribution in [0.15, 0.2) is 6.07 Å². The summed E-state index contributed by atoms with van der Waals surface area (Å²) in [5.41, 5.74) is 3.42. The Morgan fingerprint density at radius 3 is 2.78 bits per heavy atom. The van der Waals surface area contributed by atoms with E-state index in [1.54, 1.807) is 6.07 Å². The van der Waals surface area contributed by atoms with Crippen molar-refractivity contribution in [2.45, 2.75) is 33.2 Å². The summed E-state index contributed by atoms with van der Waals surface area (Å²) in [4.78, 5) is 10.8. The molecular formula is C12H23N5O. The van der Waals surface area contributed by atoms with Crippen LogP contribution in [-0.2, 0) is 6.54 Å². The van der Waals surface area contributed by atoms with Crippen molar-refractivity contribution in [3.05, 3.63) is 17.6 Å². The first kappa shape index (κ1) is 14.8. The van der Waals surface area contributed by atoms with Crippen molar-refractivity contribution in [3.63, 3.8) is 0 Å². The van der Waals surface area contributed by atoms with Crippen molar-refractivity contribution >= 4 is 5.82 Å². The van der Waals surface area contributed by atoms with Crippen LogP contribution in [0.3, 0.4) is 0 Å². The van der Waals surface area contributed by atoms with Crippen molar-refractivity contribution in [1.29, 1.82) is 0 Å². The zero-order valence-corrected chi connectivity index (χ0v) is 11.2. The Balaban J connectivity index is 2.69. The molecule has 0 aliphatic carbocycles. The number of anilines is 1. The molecule has 0 fully saturated rings. The molecule has 0 bridgehead atoms. The van der Waals surface area contributed by atoms with Crippen molar-refractivity contribution in [3.8, 4) is 0 Å². The Morgan fingerprint density at radius 2 is 2.17 bits per heavy atom. The zero-order chi connectivity index (χ0) is 13.4. The largest absolute Gasteiger partial charge is 0.395 e. The number of nitrogen functional groups attached to an aromatic ring is 1. The Kier molecular flexibility index (Phi) is 6.56. The van der Waals surface area contributed by atoms with Gasteiger partial charge in [-0.15, -0.1) is 0 Å². The molecule has 4 N–H and O–H groups in total. The van der Waals surface area contributed by atoms with E-state index in [2.05, 4.69) is 27.2 Å². The van der Waals surface area contributed by atoms with Crippen molar-refractivity contribution in [2.75, 3.05) is 25.1 Å². The van der Waals surface area contributed by atoms with Gasteiger partial charge in [0, 0.05) is 18.3 Å². The fourth-order valence-corrected chi connectivity index (χ4v) is 1.77. The molecule has 18 heavy (non-hydrogen) atoms. The number of aliphatic hydroxyl groups excluding tert-OH is 1. The van der Waals surface area contributed by atoms with Crippen LogP contribution in [0.2, 0.25) is 0 Å². The Labute approximate surface area is 108 Å². The number of hydrogen-bond donors (Lipinski definition) is 3. The average Bonchev–Trinajstić information content (AvgIpc) is 2.35. The third-order valence-electron chi connectivity index (χ3n) is 2.66. The molecule has 1 aromatic heterocycles. The minimum absolute atomic E-state index is 0.150. The second kappa shape index (κ2) is 7.97. The van der Waals surface area contributed by atoms with Gasteiger partial charge in [-0.3, -0.25) is 4.90 Å². The van der Waals surface area contributed by atoms with Crippen LogP contribution in [0.1, 0.15) is 31.3 Å². The quantitative estimate of drug-likeness (QED) is 0.466. The smallest absolute Gasteiger partial charge is 0.145 e. The first-order valence-electron chi connectivity index (χ1n) is 6.34. The van der Waals surface area contributed by atoms with Crippen LogP contribution in [0.25, 0.3) is 0 Å². The molecule has 0 unspecified atom stereocenters. The van der Waals surface area contributed by atoms with Crippen molar-refractivity contribution in [2.24, 2.45) is 5.84 Å². The number of nitrogens with two attached hydrogens (primary N) is 1. The number of nitrogens with zero attached hydrogens (tertiary/aromatic N) is 3. The van der Waals surface area contributed by atoms with E-state index in [-0.39, 0.29) is 6.61 Å². The van der Waals surface area contributed by atoms with Crippen LogP contribution in [0.4, 0.5) is 5.82 Å². The van der Waals surface area contributed by atoms with Gasteiger partial charge in [-0.1, -0.05) is 13.3 Å². The molecule has 6 nitrogen and oxygen atoms in total. The lowest BCUT2D eigenvalue weighted by Crippen LogP contribution is -2.28. The highest BCUT2D eigenvalue weighted by Crippen LogP contribution is 2.07. The third kappa shape index (κ3) is 4.95. The Hall–Kier alpha value is -1.24. The van der Waals surface area contributed by atoms with Gasteiger partial charge in [0.2, 0.25) is 0 Å². The fourth-order valence-electron chi connectivity index (χ4n) is 1.77. The van der Waals surface area contributed by atoms with Crippen molar-refractivity contribution in [1.82, 2.24) is 14.9 Å². The molecule has 102 valence electrons. The molecule has 0 spiro atoms. The van der Waals surface area contributed by atoms with E-state index < -0.39 is 0 Å². The lowest BCUT2D eigenvalue weighted by atomic mass is 10.3. The first-order valence-corrected chi connectivity index (χ1v) is 6.34. The summed E-state index contributed by atoms with van der Waals surface area (Å²) in [5, 5.41) is 9.05. The summed E-state index contributed by atoms with van der Waals surface area (Å²) < 4.78 is 0. The van der Waals surface area contributed by atoms with Crippen LogP contribution < -0.4 is 11.3 Å². The number of aryl methyl sites for hydroxylation is 1. The standard InChI is InChI=1S/C12H23N5O/c1-3-4-5-17(6-7-18)9-12-14-10(2)8-11(15-12)16-13/h8,18H,3-7,9,13H2,1-2H3,(H,14,15,16). The van der Waals surface area contributed by atoms with Crippen molar-refractivity contribution < 1.29 is 5.11 Å². The van der Waals surface area contributed by atoms with E-state index in [0.717, 1.165) is 30.9 Å². The normalized spacial score (nSPS) is 10.9. The van der Waals surface area contributed by atoms with Gasteiger partial charge < -0.3 is 10.5 Å². The van der Waals surface area contributed by atoms with E-state index in [9.17, 15) is 0 Å². The molecule has 0 saturated heterocycles. The van der Waals surface area contributed by atoms with Crippen LogP contribution >= 0.6 is 0 Å². The maximum atomic E-state index is 9.05. The molecule has 0 aliphatic rings. The number of hydrazine groups is 1. The van der Waals surface area contributed by atoms with Crippen LogP contribution in [0, 0.1) is 6.92 Å². The number of aliphatic hydroxyl groups is 1. The predicted molar refractivity (Wildman–Crippen MR) is 71.8 cm³/mol. The summed E-state index contributed by atoms with van der Waals surface area (Å²) in [6.07, 6.45) is 2.24. The van der Waals surface area contributed by atoms with Gasteiger partial charge in [0.05, 0.1) is 13.2 Å². The van der Waals surface area contributed by atoms with Gasteiger partial charge in [0.15, 0.2) is 0 Å². The molecule has 1 heterocycles. The molecule has 0 aromatic carbocycles. The highest BCUT2D eigenvalue weighted by Gasteiger charge is 2.08. The highest BCUT2D eigenvalue weighted by molar-refractivity contribution is 5.33. The molecular weight excluding hydrogens is 230 g/mol. The van der Waals surface area contributed by atoms with E-state index in [0.29, 0.717) is 18.9 Å². The molecule has 0 amide bonds. The Bertz CT molecular complexity index is 358. The predicted octanol–water partition coefficient (Wildman–Crippen LogP) is 0.665. The van der Waals surface area contributed by atoms with E-state index >= 15 is 0 Å². The van der Waals surface area contributed by atoms with Crippen LogP contribution in [0.5, 0.6) is 0 Å². The van der Waals surface area contributed by atoms with Gasteiger partial charge >= 0.3 is 0 Å². The van der Waals surface area contributed by atoms with E-state index in [4.69, 9.17) is 10.9 Å². The monoisotopic (exact) mass is 253 g/mol. The first-order chi connectivity index (χ1) is 8.69. The van der Waals surface area contributed by atoms with E-state index in [1.165, 1.54) is 0 Å². The topological polar surface area (TPSA) is 87.3 Å². The molecule has 0 radical (unpaired) electrons. The number of aromatic nitrogens is 2. The van der Waals surface area contributed by atoms with Gasteiger partial charge in [0.25, 0.3) is 0 Å². The second-order valence-electron chi connectivity index (χ2n) is 4.31. The van der Waals surface area contributed by atoms with Gasteiger partial charge in [-0.05, 0) is 19.9 Å². The number of unbranched alkanes of at least 4 members (excludes halogenated alkanes) is 1. The number of nitrogens with one attached hydrogen (secondary N) is 1. The fraction of sp³-hybridized carbons (Fsp3) is 0.667. The highest BCUT2D eigenvalue weighted by atomic mass is 16.3. The van der Waals surface area contributed by atoms with E-state index in [1.807, 2.05) is 6.92 Å². The third-order valence-corrected chi connectivity index (χ3v) is 2.66. The Morgan fingerprint density at radius 1 is 1.39 bits per heavy atom. The molecule has 6 heteroatoms. The maximum absolute atomic E-state index is 9.05. The molecule has 1 aromatic rings. The summed E-state index contributed by atoms with van der Waals surface area (Å²) in [6.45, 7) is 6.43. The minimum Gasteiger partial charge on any atom is -0.395 e. The minimum atomic E-state index is 0.150. The van der Waals surface area contributed by atoms with Gasteiger partial charge in [0.1, 0.15) is 11.6 Å². The second-order valence-corrected chi connectivity index (χ2v) is 4.31. The van der Waals surface area contributed by atoms with Gasteiger partial charge in [-0.2, -0.15) is 0 Å². The average molecular weight is 253 g/mol. The number of rotatable bonds is 8. The van der Waals surface area contributed by atoms with Gasteiger partial charge in [-0.25, -0.2) is 15.8 Å². The maximum Gasteiger partial charge on any atom is 0.145 e. The summed E-state index contributed by atoms with van der Waals surface area (Å²) >= 11 is 0. The van der Waals surface area contributed by atoms with Crippen LogP contribution in [-0.4, -0.2) is 39.7 Å². The zero-order valence-electron chi connectivity index (χ0n) is 11.2. The SMILES string of the molecule is CCCCN(CCO)Cc1nc(C)cc(NN)n1. The molecule has 0 aliphatic heterocycles. The summed E-state index contributed by atoms with van der Waals surface area (Å²) in [6, 6.07) is 1.80. The summed E-state index contributed by atoms with van der Waals surface area (Å²) in [7, 11) is 0. The molecule has 0 saturated carbocycles. The summed E-state index contributed by atoms with van der Waals surface area (Å²) in [5.74, 6) is 6.71.